The molecule has 0 aliphatic carbocycles. The summed E-state index contributed by atoms with van der Waals surface area (Å²) in [6.07, 6.45) is 0.562. The highest BCUT2D eigenvalue weighted by Gasteiger charge is 2.41. The normalized spacial score (nSPS) is 29.0. The van der Waals surface area contributed by atoms with Crippen molar-refractivity contribution in [2.45, 2.75) is 33.5 Å². The number of carbonyl (C=O) groups is 1. The number of methoxy groups -OCH3 is 1. The maximum Gasteiger partial charge on any atom is 0.293 e. The van der Waals surface area contributed by atoms with E-state index >= 15 is 0 Å². The Morgan fingerprint density at radius 3 is 2.44 bits per heavy atom. The zero-order valence-electron chi connectivity index (χ0n) is 11.7. The number of carbonyl (C=O) groups excluding carboxylic acids is 1. The second kappa shape index (κ2) is 6.50. The van der Waals surface area contributed by atoms with Crippen molar-refractivity contribution in [2.24, 2.45) is 10.8 Å². The third-order valence-corrected chi connectivity index (χ3v) is 3.44. The molecule has 0 atom stereocenters. The van der Waals surface area contributed by atoms with Gasteiger partial charge in [-0.3, -0.25) is 4.79 Å². The van der Waals surface area contributed by atoms with Crippen LogP contribution in [0.5, 0.6) is 0 Å². The molecule has 0 spiro atoms. The van der Waals surface area contributed by atoms with Gasteiger partial charge in [-0.25, -0.2) is 0 Å². The van der Waals surface area contributed by atoms with E-state index in [0.717, 1.165) is 6.42 Å². The molecule has 106 valence electrons. The van der Waals surface area contributed by atoms with E-state index in [2.05, 4.69) is 0 Å². The van der Waals surface area contributed by atoms with Gasteiger partial charge < -0.3 is 18.9 Å². The van der Waals surface area contributed by atoms with Gasteiger partial charge in [0.25, 0.3) is 6.47 Å². The maximum atomic E-state index is 10.3. The monoisotopic (exact) mass is 260 g/mol. The standard InChI is InChI=1S/C13H24O5/c1-5-13(7-16-10-14)8-17-11(18-9-13)12(2,3)6-15-4/h10-11H,5-9H2,1-4H3. The summed E-state index contributed by atoms with van der Waals surface area (Å²) in [5, 5.41) is 0. The van der Waals surface area contributed by atoms with Crippen molar-refractivity contribution in [1.29, 1.82) is 0 Å². The third kappa shape index (κ3) is 3.67. The predicted molar refractivity (Wildman–Crippen MR) is 66.1 cm³/mol. The summed E-state index contributed by atoms with van der Waals surface area (Å²) in [5.41, 5.74) is -0.416. The molecule has 1 aliphatic heterocycles. The van der Waals surface area contributed by atoms with E-state index in [-0.39, 0.29) is 17.1 Å². The topological polar surface area (TPSA) is 54.0 Å². The molecule has 1 aliphatic rings. The van der Waals surface area contributed by atoms with Gasteiger partial charge in [0.05, 0.1) is 25.2 Å². The molecule has 0 unspecified atom stereocenters. The number of hydrogen-bond acceptors (Lipinski definition) is 5. The van der Waals surface area contributed by atoms with E-state index in [0.29, 0.717) is 32.9 Å². The molecule has 1 heterocycles. The molecule has 0 aromatic rings. The van der Waals surface area contributed by atoms with Crippen LogP contribution in [0.1, 0.15) is 27.2 Å². The highest BCUT2D eigenvalue weighted by molar-refractivity contribution is 5.37. The summed E-state index contributed by atoms with van der Waals surface area (Å²) in [7, 11) is 1.67. The van der Waals surface area contributed by atoms with Crippen LogP contribution >= 0.6 is 0 Å². The van der Waals surface area contributed by atoms with Crippen molar-refractivity contribution in [1.82, 2.24) is 0 Å². The lowest BCUT2D eigenvalue weighted by Gasteiger charge is -2.43. The molecule has 0 aromatic carbocycles. The molecular formula is C13H24O5. The SMILES string of the molecule is CCC1(COC=O)COC(C(C)(C)COC)OC1. The van der Waals surface area contributed by atoms with E-state index in [9.17, 15) is 4.79 Å². The molecule has 1 rings (SSSR count). The minimum absolute atomic E-state index is 0.194. The van der Waals surface area contributed by atoms with Gasteiger partial charge in [0, 0.05) is 12.5 Å². The molecule has 0 amide bonds. The highest BCUT2D eigenvalue weighted by atomic mass is 16.7. The summed E-state index contributed by atoms with van der Waals surface area (Å²) >= 11 is 0. The minimum Gasteiger partial charge on any atom is -0.467 e. The second-order valence-electron chi connectivity index (χ2n) is 5.64. The summed E-state index contributed by atoms with van der Waals surface area (Å²) in [4.78, 5) is 10.3. The average Bonchev–Trinajstić information content (AvgIpc) is 2.37. The Kier molecular flexibility index (Phi) is 5.56. The zero-order valence-corrected chi connectivity index (χ0v) is 11.7. The van der Waals surface area contributed by atoms with Crippen LogP contribution < -0.4 is 0 Å². The van der Waals surface area contributed by atoms with E-state index < -0.39 is 0 Å². The van der Waals surface area contributed by atoms with Gasteiger partial charge in [-0.15, -0.1) is 0 Å². The lowest BCUT2D eigenvalue weighted by Crippen LogP contribution is -2.50. The molecule has 0 saturated carbocycles. The molecule has 1 fully saturated rings. The second-order valence-corrected chi connectivity index (χ2v) is 5.64. The Bertz CT molecular complexity index is 256. The first kappa shape index (κ1) is 15.4. The predicted octanol–water partition coefficient (Wildman–Crippen LogP) is 1.60. The molecule has 1 saturated heterocycles. The van der Waals surface area contributed by atoms with Crippen LogP contribution in [0.2, 0.25) is 0 Å². The van der Waals surface area contributed by atoms with Gasteiger partial charge in [-0.2, -0.15) is 0 Å². The van der Waals surface area contributed by atoms with Gasteiger partial charge in [-0.1, -0.05) is 20.8 Å². The fraction of sp³-hybridized carbons (Fsp3) is 0.923. The Balaban J connectivity index is 2.55. The van der Waals surface area contributed by atoms with Crippen molar-refractivity contribution in [2.75, 3.05) is 33.5 Å². The Morgan fingerprint density at radius 1 is 1.39 bits per heavy atom. The van der Waals surface area contributed by atoms with Crippen LogP contribution in [0.3, 0.4) is 0 Å². The lowest BCUT2D eigenvalue weighted by molar-refractivity contribution is -0.280. The lowest BCUT2D eigenvalue weighted by atomic mass is 9.85. The van der Waals surface area contributed by atoms with E-state index in [1.54, 1.807) is 7.11 Å². The summed E-state index contributed by atoms with van der Waals surface area (Å²) in [6, 6.07) is 0. The Morgan fingerprint density at radius 2 is 2.00 bits per heavy atom. The molecule has 5 nitrogen and oxygen atoms in total. The van der Waals surface area contributed by atoms with E-state index in [4.69, 9.17) is 18.9 Å². The van der Waals surface area contributed by atoms with Gasteiger partial charge in [0.15, 0.2) is 6.29 Å². The van der Waals surface area contributed by atoms with Crippen molar-refractivity contribution < 1.29 is 23.7 Å². The molecule has 18 heavy (non-hydrogen) atoms. The smallest absolute Gasteiger partial charge is 0.293 e. The first-order chi connectivity index (χ1) is 8.49. The minimum atomic E-state index is -0.284. The highest BCUT2D eigenvalue weighted by Crippen LogP contribution is 2.35. The van der Waals surface area contributed by atoms with Crippen molar-refractivity contribution >= 4 is 6.47 Å². The van der Waals surface area contributed by atoms with Crippen LogP contribution in [0.25, 0.3) is 0 Å². The Hall–Kier alpha value is -0.650. The number of hydrogen-bond donors (Lipinski definition) is 0. The van der Waals surface area contributed by atoms with E-state index in [1.807, 2.05) is 20.8 Å². The van der Waals surface area contributed by atoms with Gasteiger partial charge in [-0.05, 0) is 6.42 Å². The fourth-order valence-corrected chi connectivity index (χ4v) is 2.09. The van der Waals surface area contributed by atoms with Crippen molar-refractivity contribution in [3.63, 3.8) is 0 Å². The van der Waals surface area contributed by atoms with Crippen LogP contribution in [-0.2, 0) is 23.7 Å². The first-order valence-corrected chi connectivity index (χ1v) is 6.27. The number of rotatable bonds is 7. The Labute approximate surface area is 109 Å². The largest absolute Gasteiger partial charge is 0.467 e. The van der Waals surface area contributed by atoms with Crippen LogP contribution in [0.15, 0.2) is 0 Å². The van der Waals surface area contributed by atoms with E-state index in [1.165, 1.54) is 0 Å². The van der Waals surface area contributed by atoms with Crippen LogP contribution in [0, 0.1) is 10.8 Å². The molecular weight excluding hydrogens is 236 g/mol. The average molecular weight is 260 g/mol. The van der Waals surface area contributed by atoms with Crippen LogP contribution in [-0.4, -0.2) is 46.3 Å². The van der Waals surface area contributed by atoms with Crippen molar-refractivity contribution in [3.8, 4) is 0 Å². The summed E-state index contributed by atoms with van der Waals surface area (Å²) in [5.74, 6) is 0. The van der Waals surface area contributed by atoms with Gasteiger partial charge in [0.2, 0.25) is 0 Å². The quantitative estimate of drug-likeness (QED) is 0.651. The maximum absolute atomic E-state index is 10.3. The third-order valence-electron chi connectivity index (χ3n) is 3.44. The molecule has 0 aromatic heterocycles. The summed E-state index contributed by atoms with van der Waals surface area (Å²) in [6.45, 7) is 8.58. The first-order valence-electron chi connectivity index (χ1n) is 6.27. The molecule has 0 bridgehead atoms. The van der Waals surface area contributed by atoms with Gasteiger partial charge in [0.1, 0.15) is 6.61 Å². The molecule has 0 N–H and O–H groups in total. The van der Waals surface area contributed by atoms with Gasteiger partial charge >= 0.3 is 0 Å². The fourth-order valence-electron chi connectivity index (χ4n) is 2.09. The molecule has 5 heteroatoms. The summed E-state index contributed by atoms with van der Waals surface area (Å²) < 4.78 is 21.6. The zero-order chi connectivity index (χ0) is 13.6. The number of ether oxygens (including phenoxy) is 4. The van der Waals surface area contributed by atoms with Crippen molar-refractivity contribution in [3.05, 3.63) is 0 Å². The molecule has 0 radical (unpaired) electrons. The van der Waals surface area contributed by atoms with Crippen LogP contribution in [0.4, 0.5) is 0 Å².